The first kappa shape index (κ1) is 10.5. The number of benzene rings is 1. The molecule has 74 valence electrons. The van der Waals surface area contributed by atoms with Gasteiger partial charge in [-0.05, 0) is 17.7 Å². The monoisotopic (exact) mass is 191 g/mol. The quantitative estimate of drug-likeness (QED) is 0.733. The summed E-state index contributed by atoms with van der Waals surface area (Å²) in [5, 5.41) is 0. The largest absolute Gasteiger partial charge is 0.497 e. The van der Waals surface area contributed by atoms with Gasteiger partial charge in [0.2, 0.25) is 0 Å². The van der Waals surface area contributed by atoms with Gasteiger partial charge in [0.25, 0.3) is 0 Å². The van der Waals surface area contributed by atoms with E-state index in [2.05, 4.69) is 0 Å². The number of ether oxygens (including phenoxy) is 1. The van der Waals surface area contributed by atoms with Crippen molar-refractivity contribution in [2.45, 2.75) is 0 Å². The number of carbonyl (C=O) groups is 1. The number of rotatable bonds is 4. The molecule has 0 aliphatic rings. The molecule has 14 heavy (non-hydrogen) atoms. The summed E-state index contributed by atoms with van der Waals surface area (Å²) < 4.78 is 5.01. The predicted octanol–water partition coefficient (Wildman–Crippen LogP) is 1.48. The van der Waals surface area contributed by atoms with Crippen LogP contribution in [0.3, 0.4) is 0 Å². The standard InChI is InChI=1S/C11H13NO2/c1-14-11-5-4-9(3-2-6-12)10(7-11)8-13/h2-5,7-8H,6,12H2,1H3. The summed E-state index contributed by atoms with van der Waals surface area (Å²) in [6.45, 7) is 0.463. The molecule has 0 unspecified atom stereocenters. The normalized spacial score (nSPS) is 10.4. The minimum atomic E-state index is 0.463. The summed E-state index contributed by atoms with van der Waals surface area (Å²) in [7, 11) is 1.57. The van der Waals surface area contributed by atoms with E-state index in [4.69, 9.17) is 10.5 Å². The fourth-order valence-corrected chi connectivity index (χ4v) is 1.13. The lowest BCUT2D eigenvalue weighted by molar-refractivity contribution is 0.112. The summed E-state index contributed by atoms with van der Waals surface area (Å²) in [6.07, 6.45) is 4.43. The van der Waals surface area contributed by atoms with E-state index in [9.17, 15) is 4.79 Å². The maximum atomic E-state index is 10.7. The Kier molecular flexibility index (Phi) is 3.88. The third-order valence-electron chi connectivity index (χ3n) is 1.85. The van der Waals surface area contributed by atoms with E-state index in [1.165, 1.54) is 0 Å². The van der Waals surface area contributed by atoms with Gasteiger partial charge in [-0.2, -0.15) is 0 Å². The van der Waals surface area contributed by atoms with Crippen molar-refractivity contribution in [2.24, 2.45) is 5.73 Å². The molecule has 0 saturated carbocycles. The van der Waals surface area contributed by atoms with Gasteiger partial charge in [0.1, 0.15) is 5.75 Å². The van der Waals surface area contributed by atoms with Crippen molar-refractivity contribution in [3.8, 4) is 5.75 Å². The Morgan fingerprint density at radius 1 is 1.43 bits per heavy atom. The van der Waals surface area contributed by atoms with E-state index in [1.807, 2.05) is 18.2 Å². The van der Waals surface area contributed by atoms with E-state index >= 15 is 0 Å². The third kappa shape index (κ3) is 2.44. The van der Waals surface area contributed by atoms with Gasteiger partial charge >= 0.3 is 0 Å². The van der Waals surface area contributed by atoms with Crippen molar-refractivity contribution in [2.75, 3.05) is 13.7 Å². The maximum absolute atomic E-state index is 10.7. The molecule has 1 rings (SSSR count). The summed E-state index contributed by atoms with van der Waals surface area (Å²) in [4.78, 5) is 10.7. The van der Waals surface area contributed by atoms with Crippen molar-refractivity contribution in [1.29, 1.82) is 0 Å². The Hall–Kier alpha value is -1.61. The first-order valence-corrected chi connectivity index (χ1v) is 4.31. The SMILES string of the molecule is COc1ccc(C=CCN)c(C=O)c1. The second-order valence-corrected chi connectivity index (χ2v) is 2.75. The molecule has 0 fully saturated rings. The number of hydrogen-bond donors (Lipinski definition) is 1. The molecule has 1 aromatic rings. The highest BCUT2D eigenvalue weighted by atomic mass is 16.5. The highest BCUT2D eigenvalue weighted by Gasteiger charge is 1.99. The van der Waals surface area contributed by atoms with Crippen molar-refractivity contribution >= 4 is 12.4 Å². The van der Waals surface area contributed by atoms with E-state index in [1.54, 1.807) is 19.3 Å². The van der Waals surface area contributed by atoms with Crippen molar-refractivity contribution in [1.82, 2.24) is 0 Å². The number of nitrogens with two attached hydrogens (primary N) is 1. The Morgan fingerprint density at radius 3 is 2.79 bits per heavy atom. The van der Waals surface area contributed by atoms with Crippen LogP contribution >= 0.6 is 0 Å². The third-order valence-corrected chi connectivity index (χ3v) is 1.85. The molecular formula is C11H13NO2. The van der Waals surface area contributed by atoms with E-state index in [0.29, 0.717) is 17.9 Å². The highest BCUT2D eigenvalue weighted by Crippen LogP contribution is 2.17. The van der Waals surface area contributed by atoms with Gasteiger partial charge < -0.3 is 10.5 Å². The van der Waals surface area contributed by atoms with Crippen LogP contribution < -0.4 is 10.5 Å². The van der Waals surface area contributed by atoms with E-state index in [0.717, 1.165) is 11.8 Å². The smallest absolute Gasteiger partial charge is 0.150 e. The second kappa shape index (κ2) is 5.19. The van der Waals surface area contributed by atoms with Crippen LogP contribution in [0.25, 0.3) is 6.08 Å². The Morgan fingerprint density at radius 2 is 2.21 bits per heavy atom. The molecule has 0 aromatic heterocycles. The fourth-order valence-electron chi connectivity index (χ4n) is 1.13. The lowest BCUT2D eigenvalue weighted by atomic mass is 10.1. The van der Waals surface area contributed by atoms with Crippen LogP contribution in [0.15, 0.2) is 24.3 Å². The molecule has 0 atom stereocenters. The van der Waals surface area contributed by atoms with Gasteiger partial charge in [-0.15, -0.1) is 0 Å². The molecule has 0 aliphatic carbocycles. The summed E-state index contributed by atoms with van der Waals surface area (Å²) in [6, 6.07) is 5.33. The Balaban J connectivity index is 3.05. The molecule has 0 saturated heterocycles. The Bertz CT molecular complexity index is 345. The molecule has 0 heterocycles. The van der Waals surface area contributed by atoms with Crippen LogP contribution in [-0.2, 0) is 0 Å². The van der Waals surface area contributed by atoms with Gasteiger partial charge in [0.05, 0.1) is 7.11 Å². The topological polar surface area (TPSA) is 52.3 Å². The zero-order chi connectivity index (χ0) is 10.4. The molecule has 0 radical (unpaired) electrons. The minimum Gasteiger partial charge on any atom is -0.497 e. The molecule has 0 aliphatic heterocycles. The van der Waals surface area contributed by atoms with Gasteiger partial charge in [-0.25, -0.2) is 0 Å². The molecule has 0 bridgehead atoms. The zero-order valence-corrected chi connectivity index (χ0v) is 8.07. The fraction of sp³-hybridized carbons (Fsp3) is 0.182. The molecule has 3 heteroatoms. The van der Waals surface area contributed by atoms with Crippen LogP contribution in [0.4, 0.5) is 0 Å². The summed E-state index contributed by atoms with van der Waals surface area (Å²) >= 11 is 0. The minimum absolute atomic E-state index is 0.463. The second-order valence-electron chi connectivity index (χ2n) is 2.75. The average molecular weight is 191 g/mol. The van der Waals surface area contributed by atoms with Gasteiger partial charge in [-0.1, -0.05) is 18.2 Å². The van der Waals surface area contributed by atoms with Crippen LogP contribution in [0.2, 0.25) is 0 Å². The zero-order valence-electron chi connectivity index (χ0n) is 8.07. The number of aldehydes is 1. The first-order chi connectivity index (χ1) is 6.81. The molecule has 1 aromatic carbocycles. The van der Waals surface area contributed by atoms with Crippen LogP contribution in [0.5, 0.6) is 5.75 Å². The van der Waals surface area contributed by atoms with Crippen molar-refractivity contribution in [3.05, 3.63) is 35.4 Å². The lowest BCUT2D eigenvalue weighted by Crippen LogP contribution is -1.93. The number of methoxy groups -OCH3 is 1. The molecule has 2 N–H and O–H groups in total. The molecule has 3 nitrogen and oxygen atoms in total. The number of hydrogen-bond acceptors (Lipinski definition) is 3. The first-order valence-electron chi connectivity index (χ1n) is 4.31. The average Bonchev–Trinajstić information content (AvgIpc) is 2.26. The molecular weight excluding hydrogens is 178 g/mol. The van der Waals surface area contributed by atoms with E-state index < -0.39 is 0 Å². The molecule has 0 spiro atoms. The van der Waals surface area contributed by atoms with Crippen molar-refractivity contribution in [3.63, 3.8) is 0 Å². The van der Waals surface area contributed by atoms with Crippen LogP contribution in [-0.4, -0.2) is 19.9 Å². The van der Waals surface area contributed by atoms with Crippen molar-refractivity contribution < 1.29 is 9.53 Å². The summed E-state index contributed by atoms with van der Waals surface area (Å²) in [5.41, 5.74) is 6.78. The summed E-state index contributed by atoms with van der Waals surface area (Å²) in [5.74, 6) is 0.678. The lowest BCUT2D eigenvalue weighted by Gasteiger charge is -2.02. The van der Waals surface area contributed by atoms with E-state index in [-0.39, 0.29) is 0 Å². The maximum Gasteiger partial charge on any atom is 0.150 e. The van der Waals surface area contributed by atoms with Crippen LogP contribution in [0, 0.1) is 0 Å². The number of carbonyl (C=O) groups excluding carboxylic acids is 1. The van der Waals surface area contributed by atoms with Gasteiger partial charge in [-0.3, -0.25) is 4.79 Å². The van der Waals surface area contributed by atoms with Gasteiger partial charge in [0, 0.05) is 12.1 Å². The molecule has 0 amide bonds. The highest BCUT2D eigenvalue weighted by molar-refractivity contribution is 5.82. The van der Waals surface area contributed by atoms with Crippen LogP contribution in [0.1, 0.15) is 15.9 Å². The predicted molar refractivity (Wildman–Crippen MR) is 56.5 cm³/mol. The van der Waals surface area contributed by atoms with Gasteiger partial charge in [0.15, 0.2) is 6.29 Å². The Labute approximate surface area is 83.2 Å².